The lowest BCUT2D eigenvalue weighted by molar-refractivity contribution is 0.213. The lowest BCUT2D eigenvalue weighted by Crippen LogP contribution is -2.32. The van der Waals surface area contributed by atoms with E-state index in [4.69, 9.17) is 33.0 Å². The molecule has 1 aliphatic rings. The van der Waals surface area contributed by atoms with Gasteiger partial charge in [-0.3, -0.25) is 4.99 Å². The topological polar surface area (TPSA) is 37.2 Å². The minimum atomic E-state index is 0.453. The Morgan fingerprint density at radius 3 is 2.54 bits per heavy atom. The minimum Gasteiger partial charge on any atom is -0.399 e. The molecule has 1 aromatic carbocycles. The molecule has 0 N–H and O–H groups in total. The molecule has 0 amide bonds. The third-order valence-corrected chi connectivity index (χ3v) is 5.01. The van der Waals surface area contributed by atoms with Crippen LogP contribution < -0.4 is 0 Å². The van der Waals surface area contributed by atoms with Crippen molar-refractivity contribution in [2.75, 3.05) is 27.2 Å². The Hall–Kier alpha value is -1.10. The van der Waals surface area contributed by atoms with Gasteiger partial charge in [-0.1, -0.05) is 34.4 Å². The van der Waals surface area contributed by atoms with E-state index in [0.717, 1.165) is 55.8 Å². The summed E-state index contributed by atoms with van der Waals surface area (Å²) in [6.45, 7) is 4.35. The van der Waals surface area contributed by atoms with Crippen molar-refractivity contribution in [3.63, 3.8) is 0 Å². The zero-order valence-electron chi connectivity index (χ0n) is 14.6. The third-order valence-electron chi connectivity index (χ3n) is 4.27. The average molecular weight is 370 g/mol. The van der Waals surface area contributed by atoms with Crippen molar-refractivity contribution >= 4 is 34.6 Å². The maximum Gasteiger partial charge on any atom is 0.106 e. The summed E-state index contributed by atoms with van der Waals surface area (Å²) in [4.78, 5) is 12.2. The molecule has 0 saturated carbocycles. The van der Waals surface area contributed by atoms with Crippen LogP contribution in [0.4, 0.5) is 0 Å². The number of likely N-dealkylation sites (tertiary alicyclic amines) is 1. The highest BCUT2D eigenvalue weighted by Crippen LogP contribution is 2.24. The predicted octanol–water partition coefficient (Wildman–Crippen LogP) is 4.68. The highest BCUT2D eigenvalue weighted by molar-refractivity contribution is 6.42. The molecular formula is C18H25Cl2N3O. The monoisotopic (exact) mass is 369 g/mol. The van der Waals surface area contributed by atoms with Crippen molar-refractivity contribution in [2.45, 2.75) is 38.6 Å². The molecule has 0 aromatic heterocycles. The minimum absolute atomic E-state index is 0.453. The van der Waals surface area contributed by atoms with E-state index in [1.54, 1.807) is 13.2 Å². The standard InChI is InChI=1S/C18H25Cl2N3O/c1-13(21-15-8-10-23(2)11-9-15)4-7-18(22-24-3)14-5-6-16(19)17(20)12-14/h5-6,12,15H,4,7-11H2,1-3H3. The summed E-state index contributed by atoms with van der Waals surface area (Å²) in [6, 6.07) is 5.97. The van der Waals surface area contributed by atoms with Crippen LogP contribution in [-0.2, 0) is 4.84 Å². The lowest BCUT2D eigenvalue weighted by Gasteiger charge is -2.26. The maximum absolute atomic E-state index is 6.11. The molecule has 0 radical (unpaired) electrons. The number of benzene rings is 1. The predicted molar refractivity (Wildman–Crippen MR) is 103 cm³/mol. The molecule has 0 bridgehead atoms. The van der Waals surface area contributed by atoms with E-state index < -0.39 is 0 Å². The van der Waals surface area contributed by atoms with Gasteiger partial charge in [0.2, 0.25) is 0 Å². The second kappa shape index (κ2) is 9.40. The van der Waals surface area contributed by atoms with Gasteiger partial charge in [0.1, 0.15) is 7.11 Å². The molecule has 6 heteroatoms. The smallest absolute Gasteiger partial charge is 0.106 e. The van der Waals surface area contributed by atoms with Crippen LogP contribution in [0.3, 0.4) is 0 Å². The highest BCUT2D eigenvalue weighted by Gasteiger charge is 2.16. The molecule has 1 saturated heterocycles. The van der Waals surface area contributed by atoms with Crippen LogP contribution in [-0.4, -0.2) is 49.6 Å². The van der Waals surface area contributed by atoms with Gasteiger partial charge in [-0.15, -0.1) is 0 Å². The zero-order valence-corrected chi connectivity index (χ0v) is 16.1. The SMILES string of the molecule is CON=C(CCC(C)=NC1CCN(C)CC1)c1ccc(Cl)c(Cl)c1. The molecular weight excluding hydrogens is 345 g/mol. The van der Waals surface area contributed by atoms with Crippen molar-refractivity contribution in [3.8, 4) is 0 Å². The van der Waals surface area contributed by atoms with Crippen molar-refractivity contribution in [1.82, 2.24) is 4.90 Å². The largest absolute Gasteiger partial charge is 0.399 e. The van der Waals surface area contributed by atoms with Crippen molar-refractivity contribution in [2.24, 2.45) is 10.1 Å². The molecule has 0 spiro atoms. The molecule has 1 aromatic rings. The first-order valence-corrected chi connectivity index (χ1v) is 9.02. The van der Waals surface area contributed by atoms with Gasteiger partial charge in [0, 0.05) is 11.3 Å². The van der Waals surface area contributed by atoms with Gasteiger partial charge in [-0.2, -0.15) is 0 Å². The maximum atomic E-state index is 6.11. The van der Waals surface area contributed by atoms with Crippen LogP contribution in [0.2, 0.25) is 10.0 Å². The first-order valence-electron chi connectivity index (χ1n) is 8.27. The Kier molecular flexibility index (Phi) is 7.53. The fraction of sp³-hybridized carbons (Fsp3) is 0.556. The Balaban J connectivity index is 1.98. The first-order chi connectivity index (χ1) is 11.5. The molecule has 1 heterocycles. The fourth-order valence-electron chi connectivity index (χ4n) is 2.83. The van der Waals surface area contributed by atoms with Crippen LogP contribution in [0, 0.1) is 0 Å². The normalized spacial score (nSPS) is 18.0. The molecule has 1 aliphatic heterocycles. The number of hydrogen-bond donors (Lipinski definition) is 0. The van der Waals surface area contributed by atoms with Gasteiger partial charge in [0.15, 0.2) is 0 Å². The van der Waals surface area contributed by atoms with Gasteiger partial charge in [0.25, 0.3) is 0 Å². The summed E-state index contributed by atoms with van der Waals surface area (Å²) < 4.78 is 0. The quantitative estimate of drug-likeness (QED) is 0.539. The molecule has 4 nitrogen and oxygen atoms in total. The lowest BCUT2D eigenvalue weighted by atomic mass is 10.0. The second-order valence-electron chi connectivity index (χ2n) is 6.25. The Morgan fingerprint density at radius 2 is 1.92 bits per heavy atom. The van der Waals surface area contributed by atoms with E-state index in [2.05, 4.69) is 24.0 Å². The molecule has 0 aliphatic carbocycles. The summed E-state index contributed by atoms with van der Waals surface area (Å²) in [5, 5.41) is 5.21. The summed E-state index contributed by atoms with van der Waals surface area (Å²) >= 11 is 12.1. The van der Waals surface area contributed by atoms with Gasteiger partial charge >= 0.3 is 0 Å². The Labute approximate surface area is 154 Å². The van der Waals surface area contributed by atoms with Crippen LogP contribution in [0.5, 0.6) is 0 Å². The first kappa shape index (κ1) is 19.2. The number of aliphatic imine (C=N–C) groups is 1. The molecule has 0 unspecified atom stereocenters. The van der Waals surface area contributed by atoms with E-state index in [1.165, 1.54) is 0 Å². The Morgan fingerprint density at radius 1 is 1.21 bits per heavy atom. The summed E-state index contributed by atoms with van der Waals surface area (Å²) in [5.74, 6) is 0. The van der Waals surface area contributed by atoms with E-state index in [1.807, 2.05) is 12.1 Å². The van der Waals surface area contributed by atoms with Crippen molar-refractivity contribution < 1.29 is 4.84 Å². The molecule has 1 fully saturated rings. The molecule has 2 rings (SSSR count). The number of piperidine rings is 1. The number of hydrogen-bond acceptors (Lipinski definition) is 4. The number of rotatable bonds is 6. The molecule has 0 atom stereocenters. The molecule has 24 heavy (non-hydrogen) atoms. The zero-order chi connectivity index (χ0) is 17.5. The summed E-state index contributed by atoms with van der Waals surface area (Å²) in [6.07, 6.45) is 3.89. The van der Waals surface area contributed by atoms with Crippen LogP contribution in [0.1, 0.15) is 38.2 Å². The third kappa shape index (κ3) is 5.76. The van der Waals surface area contributed by atoms with E-state index in [-0.39, 0.29) is 0 Å². The van der Waals surface area contributed by atoms with E-state index >= 15 is 0 Å². The van der Waals surface area contributed by atoms with E-state index in [9.17, 15) is 0 Å². The van der Waals surface area contributed by atoms with Gasteiger partial charge < -0.3 is 9.74 Å². The van der Waals surface area contributed by atoms with Crippen LogP contribution in [0.25, 0.3) is 0 Å². The average Bonchev–Trinajstić information content (AvgIpc) is 2.56. The van der Waals surface area contributed by atoms with Gasteiger partial charge in [-0.25, -0.2) is 0 Å². The van der Waals surface area contributed by atoms with Gasteiger partial charge in [-0.05, 0) is 64.9 Å². The summed E-state index contributed by atoms with van der Waals surface area (Å²) in [7, 11) is 3.72. The molecule has 132 valence electrons. The Bertz CT molecular complexity index is 608. The summed E-state index contributed by atoms with van der Waals surface area (Å²) in [5.41, 5.74) is 2.95. The van der Waals surface area contributed by atoms with Crippen molar-refractivity contribution in [3.05, 3.63) is 33.8 Å². The second-order valence-corrected chi connectivity index (χ2v) is 7.06. The van der Waals surface area contributed by atoms with Crippen molar-refractivity contribution in [1.29, 1.82) is 0 Å². The number of nitrogens with zero attached hydrogens (tertiary/aromatic N) is 3. The number of halogens is 2. The number of oxime groups is 1. The van der Waals surface area contributed by atoms with Gasteiger partial charge in [0.05, 0.1) is 21.8 Å². The van der Waals surface area contributed by atoms with E-state index in [0.29, 0.717) is 16.1 Å². The highest BCUT2D eigenvalue weighted by atomic mass is 35.5. The van der Waals surface area contributed by atoms with Crippen LogP contribution >= 0.6 is 23.2 Å². The fourth-order valence-corrected chi connectivity index (χ4v) is 3.13. The van der Waals surface area contributed by atoms with Crippen LogP contribution in [0.15, 0.2) is 28.3 Å².